The number of phenols is 1. The van der Waals surface area contributed by atoms with Crippen LogP contribution in [-0.4, -0.2) is 12.2 Å². The van der Waals surface area contributed by atoms with E-state index in [4.69, 9.17) is 4.74 Å². The van der Waals surface area contributed by atoms with Crippen molar-refractivity contribution in [3.05, 3.63) is 58.1 Å². The van der Waals surface area contributed by atoms with Crippen molar-refractivity contribution >= 4 is 15.9 Å². The molecule has 0 aliphatic rings. The summed E-state index contributed by atoms with van der Waals surface area (Å²) in [7, 11) is 1.91. The molecular formula is C15H16BrNO2. The van der Waals surface area contributed by atoms with Crippen molar-refractivity contribution in [3.8, 4) is 11.5 Å². The molecule has 0 atom stereocenters. The minimum atomic E-state index is 0.257. The molecule has 3 nitrogen and oxygen atoms in total. The Hall–Kier alpha value is -1.52. The zero-order valence-corrected chi connectivity index (χ0v) is 12.3. The second-order valence-electron chi connectivity index (χ2n) is 4.24. The second kappa shape index (κ2) is 6.59. The highest BCUT2D eigenvalue weighted by Gasteiger charge is 2.02. The number of nitrogens with one attached hydrogen (secondary N) is 1. The molecule has 0 aliphatic heterocycles. The zero-order valence-electron chi connectivity index (χ0n) is 10.7. The fourth-order valence-corrected chi connectivity index (χ4v) is 2.17. The van der Waals surface area contributed by atoms with E-state index in [1.807, 2.05) is 37.4 Å². The van der Waals surface area contributed by atoms with Crippen molar-refractivity contribution in [1.29, 1.82) is 0 Å². The van der Waals surface area contributed by atoms with Crippen molar-refractivity contribution in [2.45, 2.75) is 13.2 Å². The number of aromatic hydroxyl groups is 1. The molecule has 2 N–H and O–H groups in total. The Bertz CT molecular complexity index is 558. The van der Waals surface area contributed by atoms with Gasteiger partial charge in [0, 0.05) is 11.0 Å². The van der Waals surface area contributed by atoms with Crippen LogP contribution in [0.25, 0.3) is 0 Å². The second-order valence-corrected chi connectivity index (χ2v) is 5.10. The maximum Gasteiger partial charge on any atom is 0.120 e. The lowest BCUT2D eigenvalue weighted by molar-refractivity contribution is 0.305. The van der Waals surface area contributed by atoms with Crippen molar-refractivity contribution in [2.24, 2.45) is 0 Å². The fourth-order valence-electron chi connectivity index (χ4n) is 1.78. The third-order valence-electron chi connectivity index (χ3n) is 2.70. The van der Waals surface area contributed by atoms with E-state index in [0.29, 0.717) is 6.61 Å². The van der Waals surface area contributed by atoms with E-state index in [1.54, 1.807) is 12.1 Å². The SMILES string of the molecule is CNCc1cc(OCc2cccc(O)c2)ccc1Br. The summed E-state index contributed by atoms with van der Waals surface area (Å²) in [6, 6.07) is 13.0. The summed E-state index contributed by atoms with van der Waals surface area (Å²) in [4.78, 5) is 0. The standard InChI is InChI=1S/C15H16BrNO2/c1-17-9-12-8-14(5-6-15(12)16)19-10-11-3-2-4-13(18)7-11/h2-8,17-18H,9-10H2,1H3. The summed E-state index contributed by atoms with van der Waals surface area (Å²) < 4.78 is 6.79. The number of halogens is 1. The van der Waals surface area contributed by atoms with E-state index in [0.717, 1.165) is 27.9 Å². The van der Waals surface area contributed by atoms with E-state index in [9.17, 15) is 5.11 Å². The predicted molar refractivity (Wildman–Crippen MR) is 79.3 cm³/mol. The molecule has 0 amide bonds. The highest BCUT2D eigenvalue weighted by molar-refractivity contribution is 9.10. The largest absolute Gasteiger partial charge is 0.508 e. The normalized spacial score (nSPS) is 10.4. The Morgan fingerprint density at radius 1 is 1.21 bits per heavy atom. The average molecular weight is 322 g/mol. The van der Waals surface area contributed by atoms with Gasteiger partial charge < -0.3 is 15.2 Å². The van der Waals surface area contributed by atoms with Gasteiger partial charge in [0.15, 0.2) is 0 Å². The molecule has 0 aliphatic carbocycles. The van der Waals surface area contributed by atoms with Crippen molar-refractivity contribution < 1.29 is 9.84 Å². The number of rotatable bonds is 5. The van der Waals surface area contributed by atoms with Gasteiger partial charge in [-0.2, -0.15) is 0 Å². The van der Waals surface area contributed by atoms with Gasteiger partial charge in [0.05, 0.1) is 0 Å². The van der Waals surface area contributed by atoms with Gasteiger partial charge in [-0.1, -0.05) is 28.1 Å². The topological polar surface area (TPSA) is 41.5 Å². The van der Waals surface area contributed by atoms with Gasteiger partial charge in [0.25, 0.3) is 0 Å². The molecule has 2 aromatic carbocycles. The lowest BCUT2D eigenvalue weighted by Gasteiger charge is -2.10. The monoisotopic (exact) mass is 321 g/mol. The van der Waals surface area contributed by atoms with Crippen molar-refractivity contribution in [1.82, 2.24) is 5.32 Å². The van der Waals surface area contributed by atoms with E-state index in [-0.39, 0.29) is 5.75 Å². The molecule has 0 unspecified atom stereocenters. The molecule has 4 heteroatoms. The van der Waals surface area contributed by atoms with Gasteiger partial charge in [-0.25, -0.2) is 0 Å². The van der Waals surface area contributed by atoms with E-state index >= 15 is 0 Å². The maximum atomic E-state index is 9.39. The van der Waals surface area contributed by atoms with E-state index < -0.39 is 0 Å². The van der Waals surface area contributed by atoms with E-state index in [2.05, 4.69) is 21.2 Å². The molecule has 19 heavy (non-hydrogen) atoms. The van der Waals surface area contributed by atoms with Crippen LogP contribution in [0.15, 0.2) is 46.9 Å². The van der Waals surface area contributed by atoms with Gasteiger partial charge in [0.2, 0.25) is 0 Å². The minimum Gasteiger partial charge on any atom is -0.508 e. The molecule has 0 saturated carbocycles. The lowest BCUT2D eigenvalue weighted by atomic mass is 10.2. The van der Waals surface area contributed by atoms with Crippen LogP contribution in [0.4, 0.5) is 0 Å². The number of hydrogen-bond acceptors (Lipinski definition) is 3. The summed E-state index contributed by atoms with van der Waals surface area (Å²) in [5.74, 6) is 1.07. The van der Waals surface area contributed by atoms with Crippen LogP contribution in [0.1, 0.15) is 11.1 Å². The third-order valence-corrected chi connectivity index (χ3v) is 3.47. The first-order chi connectivity index (χ1) is 9.19. The molecule has 0 heterocycles. The number of phenolic OH excluding ortho intramolecular Hbond substituents is 1. The summed E-state index contributed by atoms with van der Waals surface area (Å²) in [6.07, 6.45) is 0. The molecule has 2 aromatic rings. The Morgan fingerprint density at radius 2 is 2.05 bits per heavy atom. The summed E-state index contributed by atoms with van der Waals surface area (Å²) in [5.41, 5.74) is 2.09. The quantitative estimate of drug-likeness (QED) is 0.886. The highest BCUT2D eigenvalue weighted by atomic mass is 79.9. The molecule has 0 aromatic heterocycles. The van der Waals surface area contributed by atoms with Crippen LogP contribution in [0, 0.1) is 0 Å². The molecule has 0 bridgehead atoms. The van der Waals surface area contributed by atoms with Crippen LogP contribution in [0.2, 0.25) is 0 Å². The summed E-state index contributed by atoms with van der Waals surface area (Å²) >= 11 is 3.51. The van der Waals surface area contributed by atoms with Gasteiger partial charge >= 0.3 is 0 Å². The molecule has 100 valence electrons. The number of benzene rings is 2. The van der Waals surface area contributed by atoms with Crippen molar-refractivity contribution in [2.75, 3.05) is 7.05 Å². The van der Waals surface area contributed by atoms with Crippen LogP contribution in [0.5, 0.6) is 11.5 Å². The molecule has 0 spiro atoms. The zero-order chi connectivity index (χ0) is 13.7. The van der Waals surface area contributed by atoms with Crippen LogP contribution in [-0.2, 0) is 13.2 Å². The van der Waals surface area contributed by atoms with Crippen LogP contribution >= 0.6 is 15.9 Å². The maximum absolute atomic E-state index is 9.39. The van der Waals surface area contributed by atoms with Gasteiger partial charge in [0.1, 0.15) is 18.1 Å². The number of hydrogen-bond donors (Lipinski definition) is 2. The van der Waals surface area contributed by atoms with Crippen LogP contribution < -0.4 is 10.1 Å². The van der Waals surface area contributed by atoms with Gasteiger partial charge in [-0.05, 0) is 48.5 Å². The van der Waals surface area contributed by atoms with Crippen molar-refractivity contribution in [3.63, 3.8) is 0 Å². The Kier molecular flexibility index (Phi) is 4.82. The summed E-state index contributed by atoms with van der Waals surface area (Å²) in [5, 5.41) is 12.5. The van der Waals surface area contributed by atoms with Gasteiger partial charge in [-0.3, -0.25) is 0 Å². The molecule has 2 rings (SSSR count). The van der Waals surface area contributed by atoms with E-state index in [1.165, 1.54) is 0 Å². The molecule has 0 saturated heterocycles. The fraction of sp³-hybridized carbons (Fsp3) is 0.200. The third kappa shape index (κ3) is 3.98. The Balaban J connectivity index is 2.05. The Labute approximate surface area is 121 Å². The van der Waals surface area contributed by atoms with Gasteiger partial charge in [-0.15, -0.1) is 0 Å². The predicted octanol–water partition coefficient (Wildman–Crippen LogP) is 3.45. The molecular weight excluding hydrogens is 306 g/mol. The Morgan fingerprint density at radius 3 is 2.79 bits per heavy atom. The average Bonchev–Trinajstić information content (AvgIpc) is 2.40. The lowest BCUT2D eigenvalue weighted by Crippen LogP contribution is -2.06. The first kappa shape index (κ1) is 13.9. The molecule has 0 radical (unpaired) electrons. The highest BCUT2D eigenvalue weighted by Crippen LogP contribution is 2.23. The first-order valence-corrected chi connectivity index (χ1v) is 6.82. The number of ether oxygens (including phenoxy) is 1. The smallest absolute Gasteiger partial charge is 0.120 e. The summed E-state index contributed by atoms with van der Waals surface area (Å²) in [6.45, 7) is 1.22. The minimum absolute atomic E-state index is 0.257. The van der Waals surface area contributed by atoms with Crippen LogP contribution in [0.3, 0.4) is 0 Å². The molecule has 0 fully saturated rings. The first-order valence-electron chi connectivity index (χ1n) is 6.03.